The number of nitrogens with zero attached hydrogens (tertiary/aromatic N) is 1. The SMILES string of the molecule is Cc1noc(-c2ccc(NS(=O)(=O)c3ccccc3)cc2)c1OC(N)=O. The number of amides is 1. The van der Waals surface area contributed by atoms with Gasteiger partial charge in [-0.3, -0.25) is 4.72 Å². The number of hydrogen-bond donors (Lipinski definition) is 2. The van der Waals surface area contributed by atoms with E-state index in [1.165, 1.54) is 12.1 Å². The predicted molar refractivity (Wildman–Crippen MR) is 94.1 cm³/mol. The van der Waals surface area contributed by atoms with Crippen LogP contribution in [-0.4, -0.2) is 19.7 Å². The molecule has 0 unspecified atom stereocenters. The fourth-order valence-corrected chi connectivity index (χ4v) is 3.35. The maximum atomic E-state index is 12.3. The highest BCUT2D eigenvalue weighted by molar-refractivity contribution is 7.92. The molecule has 0 spiro atoms. The molecule has 26 heavy (non-hydrogen) atoms. The van der Waals surface area contributed by atoms with Gasteiger partial charge in [-0.15, -0.1) is 0 Å². The second-order valence-corrected chi connectivity index (χ2v) is 7.03. The lowest BCUT2D eigenvalue weighted by molar-refractivity contribution is 0.210. The van der Waals surface area contributed by atoms with Gasteiger partial charge in [-0.1, -0.05) is 23.4 Å². The Morgan fingerprint density at radius 2 is 1.77 bits per heavy atom. The van der Waals surface area contributed by atoms with Gasteiger partial charge in [0.25, 0.3) is 10.0 Å². The molecule has 0 fully saturated rings. The minimum absolute atomic E-state index is 0.120. The van der Waals surface area contributed by atoms with E-state index in [9.17, 15) is 13.2 Å². The molecule has 3 N–H and O–H groups in total. The number of ether oxygens (including phenoxy) is 1. The maximum Gasteiger partial charge on any atom is 0.410 e. The summed E-state index contributed by atoms with van der Waals surface area (Å²) in [6, 6.07) is 14.4. The zero-order chi connectivity index (χ0) is 18.7. The van der Waals surface area contributed by atoms with Crippen molar-refractivity contribution in [3.63, 3.8) is 0 Å². The lowest BCUT2D eigenvalue weighted by atomic mass is 10.1. The quantitative estimate of drug-likeness (QED) is 0.708. The summed E-state index contributed by atoms with van der Waals surface area (Å²) < 4.78 is 37.2. The number of anilines is 1. The number of carbonyl (C=O) groups excluding carboxylic acids is 1. The summed E-state index contributed by atoms with van der Waals surface area (Å²) in [5.74, 6) is 0.342. The molecule has 134 valence electrons. The Bertz CT molecular complexity index is 1030. The summed E-state index contributed by atoms with van der Waals surface area (Å²) in [6.45, 7) is 1.60. The van der Waals surface area contributed by atoms with E-state index in [-0.39, 0.29) is 16.4 Å². The minimum Gasteiger partial charge on any atom is -0.404 e. The van der Waals surface area contributed by atoms with Crippen LogP contribution in [0.2, 0.25) is 0 Å². The number of carbonyl (C=O) groups is 1. The number of nitrogens with one attached hydrogen (secondary N) is 1. The van der Waals surface area contributed by atoms with Crippen LogP contribution in [0.3, 0.4) is 0 Å². The van der Waals surface area contributed by atoms with E-state index in [1.54, 1.807) is 49.4 Å². The topological polar surface area (TPSA) is 125 Å². The monoisotopic (exact) mass is 373 g/mol. The van der Waals surface area contributed by atoms with E-state index < -0.39 is 16.1 Å². The van der Waals surface area contributed by atoms with Gasteiger partial charge in [-0.2, -0.15) is 0 Å². The molecule has 0 aliphatic rings. The van der Waals surface area contributed by atoms with Crippen molar-refractivity contribution >= 4 is 21.8 Å². The number of benzene rings is 2. The maximum absolute atomic E-state index is 12.3. The van der Waals surface area contributed by atoms with E-state index in [4.69, 9.17) is 15.0 Å². The summed E-state index contributed by atoms with van der Waals surface area (Å²) in [5.41, 5.74) is 6.32. The van der Waals surface area contributed by atoms with E-state index in [0.29, 0.717) is 16.9 Å². The number of rotatable bonds is 5. The fraction of sp³-hybridized carbons (Fsp3) is 0.0588. The Kier molecular flexibility index (Phi) is 4.63. The number of aromatic nitrogens is 1. The first-order chi connectivity index (χ1) is 12.4. The Morgan fingerprint density at radius 3 is 2.38 bits per heavy atom. The van der Waals surface area contributed by atoms with Gasteiger partial charge < -0.3 is 15.0 Å². The lowest BCUT2D eigenvalue weighted by Crippen LogP contribution is -2.16. The van der Waals surface area contributed by atoms with Crippen LogP contribution in [-0.2, 0) is 10.0 Å². The van der Waals surface area contributed by atoms with Crippen LogP contribution >= 0.6 is 0 Å². The van der Waals surface area contributed by atoms with E-state index >= 15 is 0 Å². The van der Waals surface area contributed by atoms with Crippen molar-refractivity contribution in [2.45, 2.75) is 11.8 Å². The number of nitrogens with two attached hydrogens (primary N) is 1. The van der Waals surface area contributed by atoms with Gasteiger partial charge in [0.15, 0.2) is 0 Å². The third-order valence-electron chi connectivity index (χ3n) is 3.46. The molecular weight excluding hydrogens is 358 g/mol. The largest absolute Gasteiger partial charge is 0.410 e. The third kappa shape index (κ3) is 3.67. The number of aryl methyl sites for hydroxylation is 1. The smallest absolute Gasteiger partial charge is 0.404 e. The third-order valence-corrected chi connectivity index (χ3v) is 4.86. The standard InChI is InChI=1S/C17H15N3O5S/c1-11-15(24-17(18)21)16(25-19-11)12-7-9-13(10-8-12)20-26(22,23)14-5-3-2-4-6-14/h2-10,20H,1H3,(H2,18,21). The molecular formula is C17H15N3O5S. The van der Waals surface area contributed by atoms with Gasteiger partial charge in [0.05, 0.1) is 4.90 Å². The van der Waals surface area contributed by atoms with Crippen LogP contribution in [0, 0.1) is 6.92 Å². The van der Waals surface area contributed by atoms with Gasteiger partial charge >= 0.3 is 6.09 Å². The lowest BCUT2D eigenvalue weighted by Gasteiger charge is -2.08. The van der Waals surface area contributed by atoms with Gasteiger partial charge in [0, 0.05) is 11.3 Å². The highest BCUT2D eigenvalue weighted by Gasteiger charge is 2.19. The normalized spacial score (nSPS) is 11.1. The van der Waals surface area contributed by atoms with Gasteiger partial charge in [0.2, 0.25) is 11.5 Å². The van der Waals surface area contributed by atoms with Crippen LogP contribution < -0.4 is 15.2 Å². The first-order valence-corrected chi connectivity index (χ1v) is 8.97. The van der Waals surface area contributed by atoms with E-state index in [0.717, 1.165) is 0 Å². The summed E-state index contributed by atoms with van der Waals surface area (Å²) in [6.07, 6.45) is -0.982. The van der Waals surface area contributed by atoms with Crippen molar-refractivity contribution in [1.82, 2.24) is 5.16 Å². The second-order valence-electron chi connectivity index (χ2n) is 5.34. The van der Waals surface area contributed by atoms with Crippen molar-refractivity contribution in [2.75, 3.05) is 4.72 Å². The zero-order valence-corrected chi connectivity index (χ0v) is 14.5. The Morgan fingerprint density at radius 1 is 1.12 bits per heavy atom. The van der Waals surface area contributed by atoms with Crippen molar-refractivity contribution < 1.29 is 22.5 Å². The molecule has 1 heterocycles. The van der Waals surface area contributed by atoms with Crippen LogP contribution in [0.5, 0.6) is 5.75 Å². The van der Waals surface area contributed by atoms with Crippen LogP contribution in [0.25, 0.3) is 11.3 Å². The fourth-order valence-electron chi connectivity index (χ4n) is 2.27. The molecule has 2 aromatic carbocycles. The minimum atomic E-state index is -3.68. The van der Waals surface area contributed by atoms with Crippen LogP contribution in [0.1, 0.15) is 5.69 Å². The second kappa shape index (κ2) is 6.89. The summed E-state index contributed by atoms with van der Waals surface area (Å²) in [7, 11) is -3.68. The molecule has 1 amide bonds. The molecule has 3 rings (SSSR count). The highest BCUT2D eigenvalue weighted by atomic mass is 32.2. The molecule has 0 bridgehead atoms. The molecule has 3 aromatic rings. The van der Waals surface area contributed by atoms with Crippen molar-refractivity contribution in [3.05, 3.63) is 60.3 Å². The molecule has 0 saturated heterocycles. The highest BCUT2D eigenvalue weighted by Crippen LogP contribution is 2.33. The van der Waals surface area contributed by atoms with Crippen molar-refractivity contribution in [2.24, 2.45) is 5.73 Å². The van der Waals surface area contributed by atoms with Gasteiger partial charge in [-0.05, 0) is 43.3 Å². The first kappa shape index (κ1) is 17.5. The molecule has 1 aromatic heterocycles. The molecule has 0 saturated carbocycles. The molecule has 8 nitrogen and oxygen atoms in total. The summed E-state index contributed by atoms with van der Waals surface area (Å²) >= 11 is 0. The van der Waals surface area contributed by atoms with E-state index in [1.807, 2.05) is 0 Å². The van der Waals surface area contributed by atoms with Crippen LogP contribution in [0.15, 0.2) is 64.0 Å². The van der Waals surface area contributed by atoms with Gasteiger partial charge in [-0.25, -0.2) is 13.2 Å². The molecule has 9 heteroatoms. The van der Waals surface area contributed by atoms with E-state index in [2.05, 4.69) is 9.88 Å². The number of primary amides is 1. The van der Waals surface area contributed by atoms with Gasteiger partial charge in [0.1, 0.15) is 5.69 Å². The summed E-state index contributed by atoms with van der Waals surface area (Å²) in [5, 5.41) is 3.75. The average Bonchev–Trinajstić information content (AvgIpc) is 2.96. The predicted octanol–water partition coefficient (Wildman–Crippen LogP) is 2.91. The number of hydrogen-bond acceptors (Lipinski definition) is 6. The molecule has 0 radical (unpaired) electrons. The summed E-state index contributed by atoms with van der Waals surface area (Å²) in [4.78, 5) is 11.2. The molecule has 0 aliphatic carbocycles. The molecule has 0 aliphatic heterocycles. The zero-order valence-electron chi connectivity index (χ0n) is 13.7. The Hall–Kier alpha value is -3.33. The van der Waals surface area contributed by atoms with Crippen molar-refractivity contribution in [1.29, 1.82) is 0 Å². The Balaban J connectivity index is 1.85. The van der Waals surface area contributed by atoms with Crippen LogP contribution in [0.4, 0.5) is 10.5 Å². The Labute approximate surface area is 149 Å². The first-order valence-electron chi connectivity index (χ1n) is 7.48. The molecule has 0 atom stereocenters. The number of sulfonamides is 1. The average molecular weight is 373 g/mol. The van der Waals surface area contributed by atoms with Crippen molar-refractivity contribution in [3.8, 4) is 17.1 Å².